The van der Waals surface area contributed by atoms with Gasteiger partial charge in [-0.25, -0.2) is 9.61 Å². The molecule has 0 bridgehead atoms. The fraction of sp³-hybridized carbons (Fsp3) is 0.0556. The maximum atomic E-state index is 10.7. The number of hydrogen-bond acceptors (Lipinski definition) is 10. The third kappa shape index (κ3) is 4.13. The number of fused-ring (bicyclic) bond motifs is 1. The van der Waals surface area contributed by atoms with E-state index in [4.69, 9.17) is 0 Å². The Bertz CT molecular complexity index is 1200. The number of nitrogens with one attached hydrogen (secondary N) is 2. The molecule has 11 heteroatoms. The summed E-state index contributed by atoms with van der Waals surface area (Å²) in [5, 5.41) is 25.4. The van der Waals surface area contributed by atoms with Crippen LogP contribution in [0.25, 0.3) is 11.3 Å². The molecule has 0 radical (unpaired) electrons. The van der Waals surface area contributed by atoms with E-state index in [2.05, 4.69) is 40.8 Å². The summed E-state index contributed by atoms with van der Waals surface area (Å²) in [5.74, 6) is 0.701. The average molecular weight is 390 g/mol. The van der Waals surface area contributed by atoms with Gasteiger partial charge in [-0.05, 0) is 52.6 Å². The van der Waals surface area contributed by atoms with Gasteiger partial charge in [-0.15, -0.1) is 0 Å². The summed E-state index contributed by atoms with van der Waals surface area (Å²) in [6, 6.07) is 13.7. The van der Waals surface area contributed by atoms with Crippen molar-refractivity contribution in [2.24, 2.45) is 5.10 Å². The van der Waals surface area contributed by atoms with Crippen LogP contribution in [0.1, 0.15) is 11.1 Å². The lowest BCUT2D eigenvalue weighted by molar-refractivity contribution is -0.384. The van der Waals surface area contributed by atoms with Crippen LogP contribution in [0.15, 0.2) is 58.3 Å². The van der Waals surface area contributed by atoms with Gasteiger partial charge in [0.05, 0.1) is 11.1 Å². The summed E-state index contributed by atoms with van der Waals surface area (Å²) >= 11 is 0. The highest BCUT2D eigenvalue weighted by atomic mass is 16.6. The predicted molar refractivity (Wildman–Crippen MR) is 106 cm³/mol. The molecule has 2 aromatic carbocycles. The number of benzene rings is 2. The SMILES string of the molecule is Cc1cccc(Nc2nc3nonc3nc2N/N=C\c2ccc([N+](=O)[O-])cc2)c1. The van der Waals surface area contributed by atoms with E-state index in [0.29, 0.717) is 17.2 Å². The number of nitro groups is 1. The minimum Gasteiger partial charge on any atom is -0.337 e. The molecule has 0 saturated heterocycles. The molecule has 0 aliphatic rings. The van der Waals surface area contributed by atoms with Crippen LogP contribution in [0, 0.1) is 17.0 Å². The first-order chi connectivity index (χ1) is 14.1. The van der Waals surface area contributed by atoms with E-state index in [-0.39, 0.29) is 17.0 Å². The van der Waals surface area contributed by atoms with Crippen molar-refractivity contribution < 1.29 is 9.55 Å². The van der Waals surface area contributed by atoms with E-state index < -0.39 is 4.92 Å². The summed E-state index contributed by atoms with van der Waals surface area (Å²) in [4.78, 5) is 18.9. The van der Waals surface area contributed by atoms with Crippen molar-refractivity contribution >= 4 is 40.5 Å². The monoisotopic (exact) mass is 390 g/mol. The van der Waals surface area contributed by atoms with Crippen LogP contribution >= 0.6 is 0 Å². The van der Waals surface area contributed by atoms with Crippen molar-refractivity contribution in [3.05, 3.63) is 69.8 Å². The minimum atomic E-state index is -0.459. The van der Waals surface area contributed by atoms with E-state index in [9.17, 15) is 10.1 Å². The van der Waals surface area contributed by atoms with E-state index in [1.165, 1.54) is 18.3 Å². The van der Waals surface area contributed by atoms with Crippen LogP contribution < -0.4 is 10.7 Å². The van der Waals surface area contributed by atoms with Crippen molar-refractivity contribution in [3.8, 4) is 0 Å². The Kier molecular flexibility index (Phi) is 4.76. The smallest absolute Gasteiger partial charge is 0.269 e. The normalized spacial score (nSPS) is 11.1. The van der Waals surface area contributed by atoms with Gasteiger partial charge in [0.25, 0.3) is 5.69 Å². The molecule has 0 atom stereocenters. The lowest BCUT2D eigenvalue weighted by Crippen LogP contribution is -2.03. The molecule has 29 heavy (non-hydrogen) atoms. The van der Waals surface area contributed by atoms with Crippen LogP contribution in [0.2, 0.25) is 0 Å². The second kappa shape index (κ2) is 7.68. The standard InChI is InChI=1S/C18H14N8O3/c1-11-3-2-4-13(9-11)20-15-16(22-18-17(21-15)24-29-25-18)23-19-10-12-5-7-14(8-6-12)26(27)28/h2-10H,1H3,(H,20,21,24)(H,22,23,25)/b19-10-. The number of aryl methyl sites for hydroxylation is 1. The maximum absolute atomic E-state index is 10.7. The molecule has 144 valence electrons. The zero-order valence-electron chi connectivity index (χ0n) is 15.1. The summed E-state index contributed by atoms with van der Waals surface area (Å²) in [5.41, 5.74) is 5.87. The molecule has 0 unspecified atom stereocenters. The Morgan fingerprint density at radius 2 is 1.79 bits per heavy atom. The zero-order valence-corrected chi connectivity index (χ0v) is 15.1. The van der Waals surface area contributed by atoms with Gasteiger partial charge in [0, 0.05) is 17.8 Å². The van der Waals surface area contributed by atoms with Crippen molar-refractivity contribution in [2.45, 2.75) is 6.92 Å². The highest BCUT2D eigenvalue weighted by Crippen LogP contribution is 2.24. The molecule has 4 rings (SSSR count). The summed E-state index contributed by atoms with van der Waals surface area (Å²) in [6.07, 6.45) is 1.51. The van der Waals surface area contributed by atoms with Crippen LogP contribution in [-0.2, 0) is 0 Å². The third-order valence-corrected chi connectivity index (χ3v) is 3.88. The van der Waals surface area contributed by atoms with Crippen molar-refractivity contribution in [1.29, 1.82) is 0 Å². The van der Waals surface area contributed by atoms with Crippen molar-refractivity contribution in [3.63, 3.8) is 0 Å². The number of anilines is 3. The Labute approximate surface area is 163 Å². The number of hydrazone groups is 1. The van der Waals surface area contributed by atoms with Gasteiger partial charge >= 0.3 is 0 Å². The second-order valence-electron chi connectivity index (χ2n) is 6.05. The quantitative estimate of drug-likeness (QED) is 0.287. The summed E-state index contributed by atoms with van der Waals surface area (Å²) in [7, 11) is 0. The average Bonchev–Trinajstić information content (AvgIpc) is 3.16. The minimum absolute atomic E-state index is 0.00889. The first-order valence-corrected chi connectivity index (χ1v) is 8.46. The fourth-order valence-corrected chi connectivity index (χ4v) is 2.51. The first kappa shape index (κ1) is 18.0. The molecule has 0 aliphatic heterocycles. The number of nitro benzene ring substituents is 1. The number of hydrogen-bond donors (Lipinski definition) is 2. The highest BCUT2D eigenvalue weighted by Gasteiger charge is 2.13. The van der Waals surface area contributed by atoms with Crippen LogP contribution in [0.3, 0.4) is 0 Å². The molecule has 0 saturated carbocycles. The summed E-state index contributed by atoms with van der Waals surface area (Å²) < 4.78 is 4.67. The topological polar surface area (TPSA) is 144 Å². The van der Waals surface area contributed by atoms with E-state index in [1.807, 2.05) is 31.2 Å². The lowest BCUT2D eigenvalue weighted by Gasteiger charge is -2.09. The molecule has 0 spiro atoms. The maximum Gasteiger partial charge on any atom is 0.269 e. The molecule has 2 aromatic heterocycles. The Hall–Kier alpha value is -4.41. The Morgan fingerprint density at radius 3 is 2.48 bits per heavy atom. The Morgan fingerprint density at radius 1 is 1.07 bits per heavy atom. The Balaban J connectivity index is 1.59. The van der Waals surface area contributed by atoms with E-state index >= 15 is 0 Å². The molecule has 11 nitrogen and oxygen atoms in total. The molecule has 4 aromatic rings. The van der Waals surface area contributed by atoms with E-state index in [0.717, 1.165) is 11.3 Å². The van der Waals surface area contributed by atoms with Gasteiger partial charge < -0.3 is 5.32 Å². The van der Waals surface area contributed by atoms with Crippen LogP contribution in [-0.4, -0.2) is 31.4 Å². The van der Waals surface area contributed by atoms with Gasteiger partial charge in [-0.1, -0.05) is 12.1 Å². The van der Waals surface area contributed by atoms with Gasteiger partial charge in [0.1, 0.15) is 0 Å². The first-order valence-electron chi connectivity index (χ1n) is 8.46. The molecule has 0 aliphatic carbocycles. The third-order valence-electron chi connectivity index (χ3n) is 3.88. The zero-order chi connectivity index (χ0) is 20.2. The molecule has 0 fully saturated rings. The molecule has 2 heterocycles. The molecule has 2 N–H and O–H groups in total. The van der Waals surface area contributed by atoms with Crippen molar-refractivity contribution in [2.75, 3.05) is 10.7 Å². The van der Waals surface area contributed by atoms with Gasteiger partial charge in [0.2, 0.25) is 11.3 Å². The van der Waals surface area contributed by atoms with Gasteiger partial charge in [0.15, 0.2) is 11.6 Å². The fourth-order valence-electron chi connectivity index (χ4n) is 2.51. The largest absolute Gasteiger partial charge is 0.337 e. The molecular formula is C18H14N8O3. The predicted octanol–water partition coefficient (Wildman–Crippen LogP) is 3.42. The number of aromatic nitrogens is 4. The van der Waals surface area contributed by atoms with Crippen LogP contribution in [0.5, 0.6) is 0 Å². The highest BCUT2D eigenvalue weighted by molar-refractivity contribution is 5.82. The van der Waals surface area contributed by atoms with Crippen LogP contribution in [0.4, 0.5) is 23.0 Å². The number of nitrogens with zero attached hydrogens (tertiary/aromatic N) is 6. The van der Waals surface area contributed by atoms with Gasteiger partial charge in [-0.2, -0.15) is 10.1 Å². The van der Waals surface area contributed by atoms with E-state index in [1.54, 1.807) is 12.1 Å². The lowest BCUT2D eigenvalue weighted by atomic mass is 10.2. The molecular weight excluding hydrogens is 376 g/mol. The molecule has 0 amide bonds. The van der Waals surface area contributed by atoms with Crippen molar-refractivity contribution in [1.82, 2.24) is 20.3 Å². The van der Waals surface area contributed by atoms with Gasteiger partial charge in [-0.3, -0.25) is 15.5 Å². The second-order valence-corrected chi connectivity index (χ2v) is 6.05. The summed E-state index contributed by atoms with van der Waals surface area (Å²) in [6.45, 7) is 1.98. The number of non-ortho nitro benzene ring substituents is 1. The number of rotatable bonds is 6.